The molecule has 135 valence electrons. The first-order chi connectivity index (χ1) is 9.71. The first-order valence-corrected chi connectivity index (χ1v) is 8.70. The molecule has 1 fully saturated rings. The van der Waals surface area contributed by atoms with Crippen molar-refractivity contribution in [3.05, 3.63) is 0 Å². The van der Waals surface area contributed by atoms with Crippen LogP contribution in [0.1, 0.15) is 73.1 Å². The van der Waals surface area contributed by atoms with Crippen molar-refractivity contribution in [1.82, 2.24) is 9.12 Å². The molecule has 0 heterocycles. The van der Waals surface area contributed by atoms with E-state index in [2.05, 4.69) is 29.9 Å². The van der Waals surface area contributed by atoms with Crippen LogP contribution < -0.4 is 33.9 Å². The quantitative estimate of drug-likeness (QED) is 0.496. The Balaban J connectivity index is -0.000000502. The van der Waals surface area contributed by atoms with Gasteiger partial charge in [0, 0.05) is 13.0 Å². The van der Waals surface area contributed by atoms with Gasteiger partial charge in [0.05, 0.1) is 0 Å². The minimum absolute atomic E-state index is 0. The second kappa shape index (κ2) is 14.6. The van der Waals surface area contributed by atoms with E-state index in [-0.39, 0.29) is 36.6 Å². The fourth-order valence-electron chi connectivity index (χ4n) is 2.88. The van der Waals surface area contributed by atoms with Crippen molar-refractivity contribution in [3.8, 4) is 0 Å². The summed E-state index contributed by atoms with van der Waals surface area (Å²) < 4.78 is 2.39. The van der Waals surface area contributed by atoms with Gasteiger partial charge in [-0.25, -0.2) is 0 Å². The van der Waals surface area contributed by atoms with Crippen molar-refractivity contribution in [2.75, 3.05) is 0 Å². The van der Waals surface area contributed by atoms with Gasteiger partial charge in [-0.15, -0.1) is 0 Å². The van der Waals surface area contributed by atoms with Gasteiger partial charge in [0.25, 0.3) is 0 Å². The average Bonchev–Trinajstić information content (AvgIpc) is 2.37. The third kappa shape index (κ3) is 14.3. The second-order valence-corrected chi connectivity index (χ2v) is 7.19. The standard InChI is InChI=1S/C14H27NO.C2H5NO.2ClH.Ti/c1-5-6-7-12-8-9-14(3,4)10-13(12)15-11(2)16;1-2(3)4;;;/h12-13H,5-10H2,1-4H3,(H,15,16);1H3,(H2,3,4);2*1H;/q;;;;+3/p-3. The summed E-state index contributed by atoms with van der Waals surface area (Å²) in [6.45, 7) is 9.98. The van der Waals surface area contributed by atoms with E-state index in [1.165, 1.54) is 39.0 Å². The fraction of sp³-hybridized carbons (Fsp3) is 0.875. The van der Waals surface area contributed by atoms with Crippen LogP contribution in [0.25, 0.3) is 0 Å². The number of carbonyl (C=O) groups excluding carboxylic acids is 2. The molecule has 0 aliphatic heterocycles. The summed E-state index contributed by atoms with van der Waals surface area (Å²) in [5.41, 5.74) is 0.399. The zero-order chi connectivity index (χ0) is 16.5. The van der Waals surface area contributed by atoms with Gasteiger partial charge in [-0.05, 0) is 37.0 Å². The largest absolute Gasteiger partial charge is 1.00 e. The maximum Gasteiger partial charge on any atom is 0.217 e. The number of unbranched alkanes of at least 4 members (excludes halogenated alkanes) is 1. The molecule has 2 atom stereocenters. The number of amides is 2. The molecule has 1 aliphatic rings. The van der Waals surface area contributed by atoms with E-state index < -0.39 is 0 Å². The normalized spacial score (nSPS) is 21.5. The SMILES string of the molecule is CC(=O)[NH][Ti+2].CCCCC1CCC(C)(C)CC1NC(C)=O.[Cl-].[Cl-]. The van der Waals surface area contributed by atoms with Crippen LogP contribution in [-0.2, 0) is 30.3 Å². The molecule has 0 spiro atoms. The predicted octanol–water partition coefficient (Wildman–Crippen LogP) is -2.90. The third-order valence-electron chi connectivity index (χ3n) is 4.03. The molecule has 1 saturated carbocycles. The fourth-order valence-corrected chi connectivity index (χ4v) is 2.88. The van der Waals surface area contributed by atoms with Crippen molar-refractivity contribution in [2.24, 2.45) is 11.3 Å². The summed E-state index contributed by atoms with van der Waals surface area (Å²) in [5.74, 6) is 0.839. The number of carbonyl (C=O) groups is 2. The van der Waals surface area contributed by atoms with Crippen molar-refractivity contribution in [2.45, 2.75) is 79.2 Å². The van der Waals surface area contributed by atoms with E-state index in [0.717, 1.165) is 6.42 Å². The topological polar surface area (TPSA) is 58.2 Å². The van der Waals surface area contributed by atoms with Gasteiger partial charge in [-0.2, -0.15) is 0 Å². The molecule has 0 saturated heterocycles. The number of halogens is 2. The predicted molar refractivity (Wildman–Crippen MR) is 82.1 cm³/mol. The molecule has 1 aliphatic carbocycles. The van der Waals surface area contributed by atoms with Crippen LogP contribution in [0.15, 0.2) is 0 Å². The van der Waals surface area contributed by atoms with Gasteiger partial charge in [0.15, 0.2) is 0 Å². The summed E-state index contributed by atoms with van der Waals surface area (Å²) in [6.07, 6.45) is 7.54. The van der Waals surface area contributed by atoms with Crippen LogP contribution in [0.3, 0.4) is 0 Å². The van der Waals surface area contributed by atoms with Gasteiger partial charge in [0.2, 0.25) is 5.91 Å². The zero-order valence-corrected chi connectivity index (χ0v) is 18.0. The number of nitrogens with one attached hydrogen (secondary N) is 2. The summed E-state index contributed by atoms with van der Waals surface area (Å²) in [7, 11) is 0. The van der Waals surface area contributed by atoms with Gasteiger partial charge >= 0.3 is 42.1 Å². The first-order valence-electron chi connectivity index (χ1n) is 7.92. The number of hydrogen-bond acceptors (Lipinski definition) is 2. The Morgan fingerprint density at radius 2 is 1.70 bits per heavy atom. The molecule has 23 heavy (non-hydrogen) atoms. The summed E-state index contributed by atoms with van der Waals surface area (Å²) in [4.78, 5) is 20.9. The van der Waals surface area contributed by atoms with Gasteiger partial charge < -0.3 is 30.1 Å². The van der Waals surface area contributed by atoms with Crippen LogP contribution in [0, 0.1) is 11.3 Å². The number of hydrogen-bond donors (Lipinski definition) is 2. The van der Waals surface area contributed by atoms with E-state index in [1.807, 2.05) is 0 Å². The molecule has 0 aromatic rings. The van der Waals surface area contributed by atoms with Crippen molar-refractivity contribution in [1.29, 1.82) is 0 Å². The molecule has 0 bridgehead atoms. The Kier molecular flexibility index (Phi) is 17.8. The van der Waals surface area contributed by atoms with E-state index in [0.29, 0.717) is 17.4 Å². The minimum Gasteiger partial charge on any atom is -1.00 e. The molecular formula is C16H31Cl2N2O2Ti. The molecule has 0 aromatic heterocycles. The van der Waals surface area contributed by atoms with E-state index in [1.54, 1.807) is 27.6 Å². The molecule has 4 nitrogen and oxygen atoms in total. The summed E-state index contributed by atoms with van der Waals surface area (Å²) >= 11 is 1.60. The maximum absolute atomic E-state index is 11.2. The smallest absolute Gasteiger partial charge is 0.217 e. The molecule has 1 rings (SSSR count). The monoisotopic (exact) mass is 401 g/mol. The third-order valence-corrected chi connectivity index (χ3v) is 4.58. The molecular weight excluding hydrogens is 371 g/mol. The van der Waals surface area contributed by atoms with E-state index in [9.17, 15) is 9.59 Å². The Labute approximate surface area is 166 Å². The van der Waals surface area contributed by atoms with Crippen molar-refractivity contribution in [3.63, 3.8) is 0 Å². The van der Waals surface area contributed by atoms with Crippen LogP contribution in [0.2, 0.25) is 0 Å². The maximum atomic E-state index is 11.2. The van der Waals surface area contributed by atoms with Crippen LogP contribution >= 0.6 is 0 Å². The van der Waals surface area contributed by atoms with E-state index in [4.69, 9.17) is 0 Å². The molecule has 7 heteroatoms. The van der Waals surface area contributed by atoms with Crippen LogP contribution in [0.4, 0.5) is 0 Å². The Bertz CT molecular complexity index is 342. The molecule has 2 N–H and O–H groups in total. The second-order valence-electron chi connectivity index (χ2n) is 6.80. The van der Waals surface area contributed by atoms with E-state index >= 15 is 0 Å². The Morgan fingerprint density at radius 1 is 1.17 bits per heavy atom. The van der Waals surface area contributed by atoms with Crippen molar-refractivity contribution >= 4 is 11.8 Å². The van der Waals surface area contributed by atoms with Gasteiger partial charge in [0.1, 0.15) is 0 Å². The van der Waals surface area contributed by atoms with Crippen molar-refractivity contribution < 1.29 is 55.1 Å². The van der Waals surface area contributed by atoms with Crippen LogP contribution in [0.5, 0.6) is 0 Å². The minimum atomic E-state index is 0. The van der Waals surface area contributed by atoms with Gasteiger partial charge in [-0.1, -0.05) is 33.6 Å². The number of rotatable bonds is 4. The Morgan fingerprint density at radius 3 is 2.09 bits per heavy atom. The van der Waals surface area contributed by atoms with Gasteiger partial charge in [-0.3, -0.25) is 4.79 Å². The Hall–Kier alpha value is 0.234. The first kappa shape index (κ1) is 28.1. The summed E-state index contributed by atoms with van der Waals surface area (Å²) in [6, 6.07) is 0.410. The molecule has 2 unspecified atom stereocenters. The zero-order valence-electron chi connectivity index (χ0n) is 15.0. The molecule has 0 aromatic carbocycles. The molecule has 0 radical (unpaired) electrons. The molecule has 2 amide bonds. The average molecular weight is 402 g/mol. The summed E-state index contributed by atoms with van der Waals surface area (Å²) in [5, 5.41) is 3.16. The van der Waals surface area contributed by atoms with Crippen LogP contribution in [-0.4, -0.2) is 17.9 Å².